The lowest BCUT2D eigenvalue weighted by Crippen LogP contribution is -2.35. The van der Waals surface area contributed by atoms with Crippen LogP contribution in [0.3, 0.4) is 0 Å². The number of hydrogen-bond acceptors (Lipinski definition) is 4. The van der Waals surface area contributed by atoms with E-state index in [1.54, 1.807) is 0 Å². The summed E-state index contributed by atoms with van der Waals surface area (Å²) < 4.78 is 25.3. The lowest BCUT2D eigenvalue weighted by Gasteiger charge is -2.28. The molecule has 0 unspecified atom stereocenters. The second-order valence-corrected chi connectivity index (χ2v) is 9.66. The summed E-state index contributed by atoms with van der Waals surface area (Å²) in [4.78, 5) is 18.1. The molecule has 6 nitrogen and oxygen atoms in total. The van der Waals surface area contributed by atoms with Gasteiger partial charge in [0.25, 0.3) is 5.91 Å². The van der Waals surface area contributed by atoms with Gasteiger partial charge in [0.1, 0.15) is 0 Å². The first-order valence-electron chi connectivity index (χ1n) is 10.0. The lowest BCUT2D eigenvalue weighted by molar-refractivity contribution is 0.102. The molecule has 1 amide bonds. The van der Waals surface area contributed by atoms with Crippen LogP contribution in [0.2, 0.25) is 0 Å². The molecule has 0 bridgehead atoms. The van der Waals surface area contributed by atoms with Crippen LogP contribution in [0, 0.1) is 6.92 Å². The number of carbonyl (C=O) groups excluding carboxylic acids is 1. The number of anilines is 1. The Morgan fingerprint density at radius 1 is 1.17 bits per heavy atom. The Balaban J connectivity index is 1.72. The number of para-hydroxylation sites is 1. The summed E-state index contributed by atoms with van der Waals surface area (Å²) in [7, 11) is -3.25. The van der Waals surface area contributed by atoms with Crippen LogP contribution < -0.4 is 5.32 Å². The van der Waals surface area contributed by atoms with Gasteiger partial charge in [0.15, 0.2) is 0 Å². The van der Waals surface area contributed by atoms with Gasteiger partial charge in [-0.1, -0.05) is 37.3 Å². The SMILES string of the molecule is CCc1nc2ccccc2c(C(=O)Nc2cccc3c2CCN(S(C)(=O)=O)C3)c1C. The zero-order chi connectivity index (χ0) is 21.5. The van der Waals surface area contributed by atoms with Gasteiger partial charge in [-0.2, -0.15) is 4.31 Å². The molecule has 0 saturated carbocycles. The molecule has 0 saturated heterocycles. The number of nitrogens with zero attached hydrogens (tertiary/aromatic N) is 2. The summed E-state index contributed by atoms with van der Waals surface area (Å²) in [5.74, 6) is -0.167. The molecule has 1 N–H and O–H groups in total. The van der Waals surface area contributed by atoms with Crippen LogP contribution in [-0.4, -0.2) is 36.4 Å². The molecule has 2 heterocycles. The van der Waals surface area contributed by atoms with Crippen molar-refractivity contribution in [2.45, 2.75) is 33.2 Å². The standard InChI is InChI=1S/C23H25N3O3S/c1-4-19-15(2)22(18-9-5-6-10-21(18)24-19)23(27)25-20-11-7-8-16-14-26(30(3,28)29)13-12-17(16)20/h5-11H,4,12-14H2,1-3H3,(H,25,27). The highest BCUT2D eigenvalue weighted by Gasteiger charge is 2.25. The summed E-state index contributed by atoms with van der Waals surface area (Å²) in [6.07, 6.45) is 2.54. The summed E-state index contributed by atoms with van der Waals surface area (Å²) in [5, 5.41) is 3.92. The number of aromatic nitrogens is 1. The van der Waals surface area contributed by atoms with Gasteiger partial charge in [0.2, 0.25) is 10.0 Å². The van der Waals surface area contributed by atoms with Crippen LogP contribution in [0.4, 0.5) is 5.69 Å². The third-order valence-corrected chi connectivity index (χ3v) is 7.00. The van der Waals surface area contributed by atoms with Crippen LogP contribution in [0.25, 0.3) is 10.9 Å². The zero-order valence-corrected chi connectivity index (χ0v) is 18.2. The Kier molecular flexibility index (Phi) is 5.34. The monoisotopic (exact) mass is 423 g/mol. The van der Waals surface area contributed by atoms with E-state index < -0.39 is 10.0 Å². The molecule has 0 fully saturated rings. The van der Waals surface area contributed by atoms with Crippen LogP contribution in [0.5, 0.6) is 0 Å². The largest absolute Gasteiger partial charge is 0.322 e. The highest BCUT2D eigenvalue weighted by atomic mass is 32.2. The minimum absolute atomic E-state index is 0.167. The molecule has 30 heavy (non-hydrogen) atoms. The summed E-state index contributed by atoms with van der Waals surface area (Å²) in [6.45, 7) is 4.72. The number of nitrogens with one attached hydrogen (secondary N) is 1. The number of aryl methyl sites for hydroxylation is 1. The third kappa shape index (κ3) is 3.70. The number of pyridine rings is 1. The van der Waals surface area contributed by atoms with E-state index in [9.17, 15) is 13.2 Å². The molecule has 1 aromatic heterocycles. The number of hydrogen-bond donors (Lipinski definition) is 1. The molecule has 156 valence electrons. The first kappa shape index (κ1) is 20.5. The van der Waals surface area contributed by atoms with Crippen molar-refractivity contribution in [2.75, 3.05) is 18.1 Å². The molecule has 0 radical (unpaired) electrons. The van der Waals surface area contributed by atoms with Gasteiger partial charge >= 0.3 is 0 Å². The molecule has 0 atom stereocenters. The number of rotatable bonds is 4. The molecule has 0 spiro atoms. The number of benzene rings is 2. The Morgan fingerprint density at radius 3 is 2.67 bits per heavy atom. The molecule has 4 rings (SSSR count). The summed E-state index contributed by atoms with van der Waals surface area (Å²) in [5.41, 5.74) is 5.92. The fourth-order valence-corrected chi connectivity index (χ4v) is 4.96. The minimum atomic E-state index is -3.25. The van der Waals surface area contributed by atoms with Gasteiger partial charge < -0.3 is 5.32 Å². The number of amides is 1. The van der Waals surface area contributed by atoms with Crippen molar-refractivity contribution in [2.24, 2.45) is 0 Å². The predicted molar refractivity (Wildman–Crippen MR) is 119 cm³/mol. The molecule has 0 aliphatic carbocycles. The number of sulfonamides is 1. The Bertz CT molecular complexity index is 1250. The van der Waals surface area contributed by atoms with Gasteiger partial charge in [0.05, 0.1) is 17.3 Å². The molecule has 1 aliphatic rings. The summed E-state index contributed by atoms with van der Waals surface area (Å²) >= 11 is 0. The van der Waals surface area contributed by atoms with Crippen molar-refractivity contribution < 1.29 is 13.2 Å². The fourth-order valence-electron chi connectivity index (χ4n) is 4.16. The first-order chi connectivity index (χ1) is 14.3. The highest BCUT2D eigenvalue weighted by Crippen LogP contribution is 2.29. The number of carbonyl (C=O) groups is 1. The quantitative estimate of drug-likeness (QED) is 0.694. The Labute approximate surface area is 177 Å². The highest BCUT2D eigenvalue weighted by molar-refractivity contribution is 7.88. The van der Waals surface area contributed by atoms with Crippen LogP contribution in [0.15, 0.2) is 42.5 Å². The maximum absolute atomic E-state index is 13.4. The van der Waals surface area contributed by atoms with E-state index >= 15 is 0 Å². The predicted octanol–water partition coefficient (Wildman–Crippen LogP) is 3.68. The fraction of sp³-hybridized carbons (Fsp3) is 0.304. The van der Waals surface area contributed by atoms with E-state index in [1.165, 1.54) is 10.6 Å². The molecular formula is C23H25N3O3S. The second-order valence-electron chi connectivity index (χ2n) is 7.67. The third-order valence-electron chi connectivity index (χ3n) is 5.75. The van der Waals surface area contributed by atoms with E-state index in [0.29, 0.717) is 25.1 Å². The van der Waals surface area contributed by atoms with Crippen molar-refractivity contribution in [3.63, 3.8) is 0 Å². The average molecular weight is 424 g/mol. The van der Waals surface area contributed by atoms with Crippen molar-refractivity contribution >= 4 is 32.5 Å². The van der Waals surface area contributed by atoms with Crippen LogP contribution >= 0.6 is 0 Å². The Morgan fingerprint density at radius 2 is 1.93 bits per heavy atom. The van der Waals surface area contributed by atoms with E-state index in [4.69, 9.17) is 4.98 Å². The van der Waals surface area contributed by atoms with Gasteiger partial charge in [-0.05, 0) is 48.6 Å². The second kappa shape index (κ2) is 7.81. The summed E-state index contributed by atoms with van der Waals surface area (Å²) in [6, 6.07) is 13.3. The van der Waals surface area contributed by atoms with E-state index in [2.05, 4.69) is 5.32 Å². The normalized spacial score (nSPS) is 14.5. The zero-order valence-electron chi connectivity index (χ0n) is 17.4. The van der Waals surface area contributed by atoms with Gasteiger partial charge in [-0.3, -0.25) is 9.78 Å². The maximum atomic E-state index is 13.4. The maximum Gasteiger partial charge on any atom is 0.256 e. The smallest absolute Gasteiger partial charge is 0.256 e. The van der Waals surface area contributed by atoms with Gasteiger partial charge in [0, 0.05) is 29.9 Å². The topological polar surface area (TPSA) is 79.4 Å². The first-order valence-corrected chi connectivity index (χ1v) is 11.9. The van der Waals surface area contributed by atoms with Gasteiger partial charge in [-0.25, -0.2) is 8.42 Å². The van der Waals surface area contributed by atoms with Crippen molar-refractivity contribution in [3.8, 4) is 0 Å². The van der Waals surface area contributed by atoms with Crippen LogP contribution in [-0.2, 0) is 29.4 Å². The van der Waals surface area contributed by atoms with E-state index in [-0.39, 0.29) is 5.91 Å². The number of fused-ring (bicyclic) bond motifs is 2. The molecular weight excluding hydrogens is 398 g/mol. The molecule has 2 aromatic carbocycles. The van der Waals surface area contributed by atoms with E-state index in [1.807, 2.05) is 56.3 Å². The van der Waals surface area contributed by atoms with Crippen molar-refractivity contribution in [1.29, 1.82) is 0 Å². The minimum Gasteiger partial charge on any atom is -0.322 e. The van der Waals surface area contributed by atoms with Gasteiger partial charge in [-0.15, -0.1) is 0 Å². The lowest BCUT2D eigenvalue weighted by atomic mass is 9.97. The average Bonchev–Trinajstić information content (AvgIpc) is 2.72. The van der Waals surface area contributed by atoms with Crippen molar-refractivity contribution in [3.05, 3.63) is 70.4 Å². The molecule has 7 heteroatoms. The Hall–Kier alpha value is -2.77. The molecule has 1 aliphatic heterocycles. The van der Waals surface area contributed by atoms with E-state index in [0.717, 1.165) is 45.4 Å². The van der Waals surface area contributed by atoms with Crippen LogP contribution in [0.1, 0.15) is 39.7 Å². The molecule has 3 aromatic rings. The van der Waals surface area contributed by atoms with Crippen molar-refractivity contribution in [1.82, 2.24) is 9.29 Å².